The third kappa shape index (κ3) is 3.35. The monoisotopic (exact) mass is 295 g/mol. The highest BCUT2D eigenvalue weighted by Gasteiger charge is 2.09. The molecular weight excluding hydrogens is 285 g/mol. The topological polar surface area (TPSA) is 33.1 Å². The van der Waals surface area contributed by atoms with Crippen LogP contribution in [-0.4, -0.2) is 10.1 Å². The molecule has 0 spiro atoms. The summed E-state index contributed by atoms with van der Waals surface area (Å²) in [5.74, 6) is -0.271. The van der Waals surface area contributed by atoms with Crippen molar-refractivity contribution in [3.05, 3.63) is 64.1 Å². The van der Waals surface area contributed by atoms with Crippen molar-refractivity contribution >= 4 is 15.9 Å². The van der Waals surface area contributed by atoms with Crippen LogP contribution in [0.4, 0.5) is 4.39 Å². The third-order valence-corrected chi connectivity index (χ3v) is 2.89. The van der Waals surface area contributed by atoms with Gasteiger partial charge < -0.3 is 5.11 Å². The van der Waals surface area contributed by atoms with Gasteiger partial charge in [0.1, 0.15) is 5.82 Å². The highest BCUT2D eigenvalue weighted by atomic mass is 79.9. The zero-order valence-electron chi connectivity index (χ0n) is 8.98. The fraction of sp³-hybridized carbons (Fsp3) is 0.154. The van der Waals surface area contributed by atoms with E-state index in [-0.39, 0.29) is 5.82 Å². The maximum absolute atomic E-state index is 12.7. The number of aliphatic hydroxyl groups excluding tert-OH is 1. The number of hydrogen-bond acceptors (Lipinski definition) is 2. The number of hydrogen-bond donors (Lipinski definition) is 1. The van der Waals surface area contributed by atoms with Crippen LogP contribution >= 0.6 is 15.9 Å². The van der Waals surface area contributed by atoms with E-state index in [0.29, 0.717) is 6.42 Å². The predicted octanol–water partition coefficient (Wildman–Crippen LogP) is 3.26. The summed E-state index contributed by atoms with van der Waals surface area (Å²) in [5.41, 5.74) is 1.63. The lowest BCUT2D eigenvalue weighted by Crippen LogP contribution is -2.02. The smallest absolute Gasteiger partial charge is 0.123 e. The Bertz CT molecular complexity index is 501. The minimum Gasteiger partial charge on any atom is -0.388 e. The highest BCUT2D eigenvalue weighted by molar-refractivity contribution is 9.10. The van der Waals surface area contributed by atoms with Crippen molar-refractivity contribution in [1.29, 1.82) is 0 Å². The number of rotatable bonds is 3. The number of nitrogens with zero attached hydrogens (tertiary/aromatic N) is 1. The molecule has 0 radical (unpaired) electrons. The van der Waals surface area contributed by atoms with Crippen LogP contribution in [0.15, 0.2) is 47.2 Å². The first kappa shape index (κ1) is 12.2. The molecule has 0 bridgehead atoms. The molecule has 0 aliphatic rings. The first-order valence-corrected chi connectivity index (χ1v) is 5.97. The molecule has 0 amide bonds. The van der Waals surface area contributed by atoms with Gasteiger partial charge in [-0.2, -0.15) is 0 Å². The van der Waals surface area contributed by atoms with Crippen molar-refractivity contribution in [2.75, 3.05) is 0 Å². The lowest BCUT2D eigenvalue weighted by atomic mass is 10.0. The van der Waals surface area contributed by atoms with Crippen molar-refractivity contribution in [3.63, 3.8) is 0 Å². The van der Waals surface area contributed by atoms with E-state index >= 15 is 0 Å². The second-order valence-electron chi connectivity index (χ2n) is 3.78. The summed E-state index contributed by atoms with van der Waals surface area (Å²) in [6.07, 6.45) is 3.09. The minimum atomic E-state index is -0.634. The molecule has 17 heavy (non-hydrogen) atoms. The van der Waals surface area contributed by atoms with Gasteiger partial charge in [-0.3, -0.25) is 4.98 Å². The van der Waals surface area contributed by atoms with Gasteiger partial charge in [0.25, 0.3) is 0 Å². The predicted molar refractivity (Wildman–Crippen MR) is 67.0 cm³/mol. The first-order valence-electron chi connectivity index (χ1n) is 5.18. The number of aliphatic hydroxyl groups is 1. The summed E-state index contributed by atoms with van der Waals surface area (Å²) in [6, 6.07) is 7.94. The maximum Gasteiger partial charge on any atom is 0.123 e. The van der Waals surface area contributed by atoms with Crippen LogP contribution in [0.2, 0.25) is 0 Å². The van der Waals surface area contributed by atoms with Crippen molar-refractivity contribution < 1.29 is 9.50 Å². The molecule has 4 heteroatoms. The zero-order valence-corrected chi connectivity index (χ0v) is 10.6. The number of aromatic nitrogens is 1. The molecule has 0 aliphatic carbocycles. The fourth-order valence-corrected chi connectivity index (χ4v) is 1.95. The summed E-state index contributed by atoms with van der Waals surface area (Å²) in [5, 5.41) is 10.0. The molecule has 0 saturated heterocycles. The summed E-state index contributed by atoms with van der Waals surface area (Å²) < 4.78 is 13.5. The van der Waals surface area contributed by atoms with E-state index in [1.165, 1.54) is 12.1 Å². The van der Waals surface area contributed by atoms with Crippen molar-refractivity contribution in [2.45, 2.75) is 12.5 Å². The molecule has 0 saturated carbocycles. The Hall–Kier alpha value is -1.26. The number of halogens is 2. The lowest BCUT2D eigenvalue weighted by Gasteiger charge is -2.10. The van der Waals surface area contributed by atoms with E-state index in [2.05, 4.69) is 20.9 Å². The second-order valence-corrected chi connectivity index (χ2v) is 4.70. The average molecular weight is 296 g/mol. The Labute approximate surface area is 107 Å². The van der Waals surface area contributed by atoms with Crippen LogP contribution in [0.3, 0.4) is 0 Å². The van der Waals surface area contributed by atoms with Crippen LogP contribution in [0.5, 0.6) is 0 Å². The van der Waals surface area contributed by atoms with Crippen LogP contribution < -0.4 is 0 Å². The Morgan fingerprint density at radius 1 is 1.24 bits per heavy atom. The quantitative estimate of drug-likeness (QED) is 0.943. The lowest BCUT2D eigenvalue weighted by molar-refractivity contribution is 0.178. The Morgan fingerprint density at radius 3 is 2.59 bits per heavy atom. The minimum absolute atomic E-state index is 0.271. The molecule has 1 heterocycles. The van der Waals surface area contributed by atoms with Gasteiger partial charge in [0, 0.05) is 28.9 Å². The fourth-order valence-electron chi connectivity index (χ4n) is 1.57. The molecule has 1 aromatic heterocycles. The van der Waals surface area contributed by atoms with Crippen LogP contribution in [0, 0.1) is 5.82 Å². The largest absolute Gasteiger partial charge is 0.388 e. The van der Waals surface area contributed by atoms with E-state index in [0.717, 1.165) is 15.6 Å². The van der Waals surface area contributed by atoms with E-state index in [1.807, 2.05) is 6.07 Å². The van der Waals surface area contributed by atoms with Gasteiger partial charge in [0.05, 0.1) is 6.10 Å². The highest BCUT2D eigenvalue weighted by Crippen LogP contribution is 2.20. The SMILES string of the molecule is OC(Cc1ccc(F)cc1)c1cncc(Br)c1. The number of pyridine rings is 1. The Morgan fingerprint density at radius 2 is 1.94 bits per heavy atom. The van der Waals surface area contributed by atoms with E-state index in [1.54, 1.807) is 24.5 Å². The summed E-state index contributed by atoms with van der Waals surface area (Å²) in [6.45, 7) is 0. The van der Waals surface area contributed by atoms with Gasteiger partial charge >= 0.3 is 0 Å². The van der Waals surface area contributed by atoms with Crippen molar-refractivity contribution in [3.8, 4) is 0 Å². The van der Waals surface area contributed by atoms with Crippen LogP contribution in [-0.2, 0) is 6.42 Å². The van der Waals surface area contributed by atoms with Gasteiger partial charge in [-0.1, -0.05) is 12.1 Å². The van der Waals surface area contributed by atoms with Gasteiger partial charge in [0.2, 0.25) is 0 Å². The van der Waals surface area contributed by atoms with Gasteiger partial charge in [-0.25, -0.2) is 4.39 Å². The van der Waals surface area contributed by atoms with E-state index in [4.69, 9.17) is 0 Å². The molecule has 1 atom stereocenters. The standard InChI is InChI=1S/C13H11BrFNO/c14-11-6-10(7-16-8-11)13(17)5-9-1-3-12(15)4-2-9/h1-4,6-8,13,17H,5H2. The van der Waals surface area contributed by atoms with Crippen molar-refractivity contribution in [1.82, 2.24) is 4.98 Å². The van der Waals surface area contributed by atoms with E-state index < -0.39 is 6.10 Å². The molecular formula is C13H11BrFNO. The number of benzene rings is 1. The molecule has 2 rings (SSSR count). The molecule has 1 aromatic carbocycles. The molecule has 2 aromatic rings. The summed E-state index contributed by atoms with van der Waals surface area (Å²) >= 11 is 3.30. The van der Waals surface area contributed by atoms with Gasteiger partial charge in [0.15, 0.2) is 0 Å². The normalized spacial score (nSPS) is 12.4. The Balaban J connectivity index is 2.11. The average Bonchev–Trinajstić information content (AvgIpc) is 2.32. The van der Waals surface area contributed by atoms with Gasteiger partial charge in [-0.05, 0) is 39.7 Å². The molecule has 0 fully saturated rings. The molecule has 2 nitrogen and oxygen atoms in total. The van der Waals surface area contributed by atoms with E-state index in [9.17, 15) is 9.50 Å². The molecule has 1 unspecified atom stereocenters. The molecule has 88 valence electrons. The second kappa shape index (κ2) is 5.38. The third-order valence-electron chi connectivity index (χ3n) is 2.45. The van der Waals surface area contributed by atoms with Crippen LogP contribution in [0.1, 0.15) is 17.2 Å². The van der Waals surface area contributed by atoms with Gasteiger partial charge in [-0.15, -0.1) is 0 Å². The van der Waals surface area contributed by atoms with Crippen molar-refractivity contribution in [2.24, 2.45) is 0 Å². The maximum atomic E-state index is 12.7. The Kier molecular flexibility index (Phi) is 3.86. The summed E-state index contributed by atoms with van der Waals surface area (Å²) in [7, 11) is 0. The first-order chi connectivity index (χ1) is 8.15. The molecule has 1 N–H and O–H groups in total. The van der Waals surface area contributed by atoms with Crippen LogP contribution in [0.25, 0.3) is 0 Å². The summed E-state index contributed by atoms with van der Waals surface area (Å²) in [4.78, 5) is 3.99. The molecule has 0 aliphatic heterocycles. The zero-order chi connectivity index (χ0) is 12.3.